The van der Waals surface area contributed by atoms with E-state index in [0.29, 0.717) is 17.9 Å². The molecule has 0 amide bonds. The van der Waals surface area contributed by atoms with Crippen molar-refractivity contribution in [2.75, 3.05) is 13.1 Å². The Morgan fingerprint density at radius 2 is 1.96 bits per heavy atom. The summed E-state index contributed by atoms with van der Waals surface area (Å²) < 4.78 is 0. The Labute approximate surface area is 156 Å². The molecule has 5 aliphatic carbocycles. The zero-order valence-electron chi connectivity index (χ0n) is 16.1. The predicted molar refractivity (Wildman–Crippen MR) is 98.2 cm³/mol. The van der Waals surface area contributed by atoms with Crippen molar-refractivity contribution < 1.29 is 15.3 Å². The summed E-state index contributed by atoms with van der Waals surface area (Å²) in [5.74, 6) is 1.26. The highest BCUT2D eigenvalue weighted by molar-refractivity contribution is 5.39. The third kappa shape index (κ3) is 1.37. The lowest BCUT2D eigenvalue weighted by molar-refractivity contribution is -0.218. The van der Waals surface area contributed by atoms with Crippen molar-refractivity contribution in [3.63, 3.8) is 0 Å². The number of aliphatic hydroxyl groups excluding tert-OH is 3. The highest BCUT2D eigenvalue weighted by atomic mass is 16.3. The van der Waals surface area contributed by atoms with Gasteiger partial charge >= 0.3 is 0 Å². The number of hydrogen-bond donors (Lipinski definition) is 3. The van der Waals surface area contributed by atoms with Crippen LogP contribution in [0.15, 0.2) is 12.2 Å². The van der Waals surface area contributed by atoms with Gasteiger partial charge in [0.15, 0.2) is 0 Å². The molecule has 7 bridgehead atoms. The Morgan fingerprint density at radius 3 is 2.69 bits per heavy atom. The second-order valence-electron chi connectivity index (χ2n) is 10.9. The summed E-state index contributed by atoms with van der Waals surface area (Å²) in [7, 11) is 0. The number of rotatable bonds is 1. The molecule has 0 aromatic rings. The average Bonchev–Trinajstić information content (AvgIpc) is 3.14. The highest BCUT2D eigenvalue weighted by Crippen LogP contribution is 2.83. The second-order valence-corrected chi connectivity index (χ2v) is 10.9. The molecular formula is C22H33NO3. The van der Waals surface area contributed by atoms with Gasteiger partial charge in [0.05, 0.1) is 18.3 Å². The molecule has 3 N–H and O–H groups in total. The highest BCUT2D eigenvalue weighted by Gasteiger charge is 2.85. The molecule has 6 rings (SSSR count). The summed E-state index contributed by atoms with van der Waals surface area (Å²) in [5.41, 5.74) is 0.849. The predicted octanol–water partition coefficient (Wildman–Crippen LogP) is 1.79. The maximum Gasteiger partial charge on any atom is 0.0813 e. The minimum absolute atomic E-state index is 0.0547. The zero-order chi connectivity index (χ0) is 18.2. The molecule has 4 nitrogen and oxygen atoms in total. The third-order valence-electron chi connectivity index (χ3n) is 10.6. The van der Waals surface area contributed by atoms with Crippen molar-refractivity contribution in [3.05, 3.63) is 12.2 Å². The van der Waals surface area contributed by atoms with E-state index >= 15 is 0 Å². The van der Waals surface area contributed by atoms with Crippen LogP contribution in [0.4, 0.5) is 0 Å². The third-order valence-corrected chi connectivity index (χ3v) is 10.6. The Balaban J connectivity index is 1.61. The van der Waals surface area contributed by atoms with E-state index in [2.05, 4.69) is 25.3 Å². The van der Waals surface area contributed by atoms with Crippen LogP contribution < -0.4 is 0 Å². The fraction of sp³-hybridized carbons (Fsp3) is 0.909. The van der Waals surface area contributed by atoms with Gasteiger partial charge in [-0.2, -0.15) is 0 Å². The zero-order valence-corrected chi connectivity index (χ0v) is 16.1. The second kappa shape index (κ2) is 4.59. The molecule has 2 spiro atoms. The first kappa shape index (κ1) is 16.5. The van der Waals surface area contributed by atoms with Gasteiger partial charge in [-0.1, -0.05) is 20.4 Å². The number of nitrogens with zero attached hydrogens (tertiary/aromatic N) is 1. The smallest absolute Gasteiger partial charge is 0.0813 e. The molecule has 0 aromatic heterocycles. The topological polar surface area (TPSA) is 63.9 Å². The number of hydrogen-bond acceptors (Lipinski definition) is 4. The van der Waals surface area contributed by atoms with E-state index < -0.39 is 12.2 Å². The number of fused-ring (bicyclic) bond motifs is 1. The van der Waals surface area contributed by atoms with E-state index in [1.54, 1.807) is 0 Å². The maximum absolute atomic E-state index is 11.5. The first-order valence-electron chi connectivity index (χ1n) is 10.8. The molecule has 6 fully saturated rings. The maximum atomic E-state index is 11.5. The van der Waals surface area contributed by atoms with Crippen LogP contribution in [-0.2, 0) is 0 Å². The van der Waals surface area contributed by atoms with Crippen molar-refractivity contribution in [2.24, 2.45) is 39.9 Å². The molecule has 11 atom stereocenters. The van der Waals surface area contributed by atoms with Gasteiger partial charge in [-0.05, 0) is 67.4 Å². The van der Waals surface area contributed by atoms with Gasteiger partial charge in [0.25, 0.3) is 0 Å². The molecule has 0 aromatic carbocycles. The first-order valence-corrected chi connectivity index (χ1v) is 10.8. The van der Waals surface area contributed by atoms with Gasteiger partial charge in [-0.3, -0.25) is 4.90 Å². The lowest BCUT2D eigenvalue weighted by Crippen LogP contribution is -2.68. The molecule has 0 radical (unpaired) electrons. The van der Waals surface area contributed by atoms with Crippen LogP contribution in [0.2, 0.25) is 0 Å². The molecule has 26 heavy (non-hydrogen) atoms. The van der Waals surface area contributed by atoms with Crippen molar-refractivity contribution in [1.29, 1.82) is 0 Å². The summed E-state index contributed by atoms with van der Waals surface area (Å²) in [6.45, 7) is 11.1. The van der Waals surface area contributed by atoms with E-state index in [0.717, 1.165) is 50.8 Å². The van der Waals surface area contributed by atoms with Gasteiger partial charge in [0.2, 0.25) is 0 Å². The Hall–Kier alpha value is -0.420. The fourth-order valence-corrected chi connectivity index (χ4v) is 9.97. The molecule has 4 heteroatoms. The summed E-state index contributed by atoms with van der Waals surface area (Å²) in [5, 5.41) is 33.8. The van der Waals surface area contributed by atoms with Gasteiger partial charge in [-0.25, -0.2) is 0 Å². The van der Waals surface area contributed by atoms with Crippen molar-refractivity contribution in [2.45, 2.75) is 70.3 Å². The van der Waals surface area contributed by atoms with Crippen LogP contribution in [0.1, 0.15) is 46.0 Å². The van der Waals surface area contributed by atoms with E-state index in [1.165, 1.54) is 0 Å². The summed E-state index contributed by atoms with van der Waals surface area (Å²) in [6, 6.07) is 0.373. The standard InChI is InChI=1S/C22H33NO3/c1-4-23-10-20(3)6-5-17(25)22-15(20)7-13(18(22)23)21-9-12(11(2)19(21)26)14(24)8-16(21)22/h12-19,24-26H,2,4-10H2,1,3H3/t12-,13+,14-,15-,16+,17+,18-,19-,20+,21+,22+/m1/s1. The van der Waals surface area contributed by atoms with Crippen molar-refractivity contribution in [3.8, 4) is 0 Å². The Morgan fingerprint density at radius 1 is 1.19 bits per heavy atom. The quantitative estimate of drug-likeness (QED) is 0.625. The number of aliphatic hydroxyl groups is 3. The van der Waals surface area contributed by atoms with Crippen LogP contribution in [0.3, 0.4) is 0 Å². The molecule has 0 unspecified atom stereocenters. The van der Waals surface area contributed by atoms with Crippen LogP contribution >= 0.6 is 0 Å². The van der Waals surface area contributed by atoms with Crippen LogP contribution in [0.5, 0.6) is 0 Å². The van der Waals surface area contributed by atoms with Crippen LogP contribution in [0, 0.1) is 39.9 Å². The van der Waals surface area contributed by atoms with E-state index in [-0.39, 0.29) is 34.2 Å². The lowest BCUT2D eigenvalue weighted by atomic mass is 9.43. The van der Waals surface area contributed by atoms with Crippen molar-refractivity contribution >= 4 is 0 Å². The fourth-order valence-electron chi connectivity index (χ4n) is 9.97. The van der Waals surface area contributed by atoms with Gasteiger partial charge in [-0.15, -0.1) is 0 Å². The summed E-state index contributed by atoms with van der Waals surface area (Å²) in [6.07, 6.45) is 3.58. The molecule has 5 saturated carbocycles. The minimum Gasteiger partial charge on any atom is -0.392 e. The summed E-state index contributed by atoms with van der Waals surface area (Å²) in [4.78, 5) is 2.65. The number of piperidine rings is 1. The average molecular weight is 360 g/mol. The van der Waals surface area contributed by atoms with Gasteiger partial charge in [0.1, 0.15) is 0 Å². The molecule has 1 saturated heterocycles. The monoisotopic (exact) mass is 359 g/mol. The molecule has 1 aliphatic heterocycles. The molecule has 1 heterocycles. The molecule has 144 valence electrons. The van der Waals surface area contributed by atoms with E-state index in [1.807, 2.05) is 0 Å². The lowest BCUT2D eigenvalue weighted by Gasteiger charge is -2.65. The summed E-state index contributed by atoms with van der Waals surface area (Å²) >= 11 is 0. The van der Waals surface area contributed by atoms with Gasteiger partial charge in [0, 0.05) is 29.3 Å². The number of likely N-dealkylation sites (tertiary alicyclic amines) is 1. The van der Waals surface area contributed by atoms with E-state index in [4.69, 9.17) is 0 Å². The molecule has 6 aliphatic rings. The van der Waals surface area contributed by atoms with Crippen LogP contribution in [-0.4, -0.2) is 57.7 Å². The van der Waals surface area contributed by atoms with Gasteiger partial charge < -0.3 is 15.3 Å². The van der Waals surface area contributed by atoms with Crippen LogP contribution in [0.25, 0.3) is 0 Å². The normalized spacial score (nSPS) is 65.5. The Kier molecular flexibility index (Phi) is 2.92. The SMILES string of the molecule is C=C1[C@H]2C[C@]3([C@@H]1O)[C@H]1C[C@@H]4[C@@]5(C)CC[C@H](O)[C@@]4([C@@H]1N(CC)C5)[C@H]3C[C@H]2O. The largest absolute Gasteiger partial charge is 0.392 e. The molecular weight excluding hydrogens is 326 g/mol. The Bertz CT molecular complexity index is 695. The van der Waals surface area contributed by atoms with Crippen molar-refractivity contribution in [1.82, 2.24) is 4.90 Å². The first-order chi connectivity index (χ1) is 12.3. The van der Waals surface area contributed by atoms with E-state index in [9.17, 15) is 15.3 Å². The minimum atomic E-state index is -0.500.